The highest BCUT2D eigenvalue weighted by Crippen LogP contribution is 2.12. The molecule has 0 fully saturated rings. The predicted octanol–water partition coefficient (Wildman–Crippen LogP) is 2.55. The summed E-state index contributed by atoms with van der Waals surface area (Å²) < 4.78 is 0. The number of non-ortho nitro benzene ring substituents is 1. The molecule has 7 nitrogen and oxygen atoms in total. The SMILES string of the molecule is Cc1cc(C)nc(NOCc2ccc([N+](=O)[O-])cc2)n1. The molecular formula is C13H14N4O3. The topological polar surface area (TPSA) is 90.2 Å². The molecule has 104 valence electrons. The van der Waals surface area contributed by atoms with Crippen LogP contribution in [0.1, 0.15) is 17.0 Å². The van der Waals surface area contributed by atoms with E-state index >= 15 is 0 Å². The number of hydrogen-bond acceptors (Lipinski definition) is 6. The van der Waals surface area contributed by atoms with Crippen LogP contribution in [0.3, 0.4) is 0 Å². The van der Waals surface area contributed by atoms with Gasteiger partial charge < -0.3 is 0 Å². The van der Waals surface area contributed by atoms with E-state index in [1.807, 2.05) is 19.9 Å². The maximum atomic E-state index is 10.5. The van der Waals surface area contributed by atoms with E-state index in [1.54, 1.807) is 12.1 Å². The maximum absolute atomic E-state index is 10.5. The average Bonchev–Trinajstić information content (AvgIpc) is 2.38. The second-order valence-corrected chi connectivity index (χ2v) is 4.29. The summed E-state index contributed by atoms with van der Waals surface area (Å²) in [4.78, 5) is 23.7. The van der Waals surface area contributed by atoms with E-state index in [9.17, 15) is 10.1 Å². The third-order valence-corrected chi connectivity index (χ3v) is 2.53. The largest absolute Gasteiger partial charge is 0.269 e. The molecule has 2 rings (SSSR count). The van der Waals surface area contributed by atoms with Gasteiger partial charge in [-0.1, -0.05) is 0 Å². The first-order valence-corrected chi connectivity index (χ1v) is 5.98. The standard InChI is InChI=1S/C13H14N4O3/c1-9-7-10(2)15-13(14-9)16-20-8-11-3-5-12(6-4-11)17(18)19/h3-7H,8H2,1-2H3,(H,14,15,16). The number of nitro benzene ring substituents is 1. The predicted molar refractivity (Wildman–Crippen MR) is 73.0 cm³/mol. The number of nitro groups is 1. The minimum absolute atomic E-state index is 0.0550. The number of hydrogen-bond donors (Lipinski definition) is 1. The monoisotopic (exact) mass is 274 g/mol. The smallest absolute Gasteiger partial charge is 0.269 e. The highest BCUT2D eigenvalue weighted by atomic mass is 16.6. The van der Waals surface area contributed by atoms with Crippen molar-refractivity contribution < 1.29 is 9.76 Å². The molecule has 0 amide bonds. The van der Waals surface area contributed by atoms with E-state index in [-0.39, 0.29) is 12.3 Å². The molecule has 1 N–H and O–H groups in total. The van der Waals surface area contributed by atoms with E-state index in [0.717, 1.165) is 17.0 Å². The Hall–Kier alpha value is -2.54. The normalized spacial score (nSPS) is 10.3. The zero-order chi connectivity index (χ0) is 14.5. The lowest BCUT2D eigenvalue weighted by molar-refractivity contribution is -0.384. The number of anilines is 1. The average molecular weight is 274 g/mol. The van der Waals surface area contributed by atoms with E-state index in [0.29, 0.717) is 5.95 Å². The zero-order valence-electron chi connectivity index (χ0n) is 11.2. The van der Waals surface area contributed by atoms with Crippen molar-refractivity contribution in [3.05, 3.63) is 57.4 Å². The molecule has 0 saturated heterocycles. The van der Waals surface area contributed by atoms with Gasteiger partial charge in [0.2, 0.25) is 5.95 Å². The fraction of sp³-hybridized carbons (Fsp3) is 0.231. The minimum Gasteiger partial charge on any atom is -0.269 e. The van der Waals surface area contributed by atoms with Gasteiger partial charge in [0.1, 0.15) is 0 Å². The van der Waals surface area contributed by atoms with Crippen molar-refractivity contribution >= 4 is 11.6 Å². The molecular weight excluding hydrogens is 260 g/mol. The number of nitrogens with zero attached hydrogens (tertiary/aromatic N) is 3. The van der Waals surface area contributed by atoms with E-state index < -0.39 is 4.92 Å². The number of benzene rings is 1. The number of aryl methyl sites for hydroxylation is 2. The van der Waals surface area contributed by atoms with E-state index in [1.165, 1.54) is 12.1 Å². The van der Waals surface area contributed by atoms with Crippen molar-refractivity contribution in [3.8, 4) is 0 Å². The molecule has 2 aromatic rings. The molecule has 1 heterocycles. The fourth-order valence-electron chi connectivity index (χ4n) is 1.67. The van der Waals surface area contributed by atoms with Crippen LogP contribution in [0.5, 0.6) is 0 Å². The Balaban J connectivity index is 1.90. The highest BCUT2D eigenvalue weighted by molar-refractivity contribution is 5.32. The first-order valence-electron chi connectivity index (χ1n) is 5.98. The van der Waals surface area contributed by atoms with Crippen LogP contribution < -0.4 is 5.48 Å². The van der Waals surface area contributed by atoms with Gasteiger partial charge in [-0.05, 0) is 37.6 Å². The summed E-state index contributed by atoms with van der Waals surface area (Å²) in [5, 5.41) is 10.5. The molecule has 0 bridgehead atoms. The Morgan fingerprint density at radius 2 is 1.80 bits per heavy atom. The molecule has 0 aliphatic rings. The van der Waals surface area contributed by atoms with Crippen LogP contribution in [-0.2, 0) is 11.4 Å². The third kappa shape index (κ3) is 3.72. The maximum Gasteiger partial charge on any atom is 0.269 e. The quantitative estimate of drug-likeness (QED) is 0.665. The number of rotatable bonds is 5. The second kappa shape index (κ2) is 6.07. The lowest BCUT2D eigenvalue weighted by atomic mass is 10.2. The molecule has 0 saturated carbocycles. The number of nitrogens with one attached hydrogen (secondary N) is 1. The van der Waals surface area contributed by atoms with Crippen molar-refractivity contribution in [2.45, 2.75) is 20.5 Å². The van der Waals surface area contributed by atoms with E-state index in [4.69, 9.17) is 4.84 Å². The summed E-state index contributed by atoms with van der Waals surface area (Å²) in [6, 6.07) is 8.02. The minimum atomic E-state index is -0.438. The molecule has 7 heteroatoms. The first-order chi connectivity index (χ1) is 9.54. The second-order valence-electron chi connectivity index (χ2n) is 4.29. The van der Waals surface area contributed by atoms with Crippen molar-refractivity contribution in [3.63, 3.8) is 0 Å². The highest BCUT2D eigenvalue weighted by Gasteiger charge is 2.04. The molecule has 1 aromatic carbocycles. The van der Waals surface area contributed by atoms with Crippen molar-refractivity contribution in [2.24, 2.45) is 0 Å². The van der Waals surface area contributed by atoms with Crippen LogP contribution in [0.25, 0.3) is 0 Å². The third-order valence-electron chi connectivity index (χ3n) is 2.53. The molecule has 20 heavy (non-hydrogen) atoms. The summed E-state index contributed by atoms with van der Waals surface area (Å²) in [6.45, 7) is 4.00. The summed E-state index contributed by atoms with van der Waals surface area (Å²) in [7, 11) is 0. The molecule has 0 aliphatic carbocycles. The summed E-state index contributed by atoms with van der Waals surface area (Å²) in [5.74, 6) is 0.393. The van der Waals surface area contributed by atoms with Crippen LogP contribution in [0.4, 0.5) is 11.6 Å². The molecule has 0 unspecified atom stereocenters. The molecule has 1 aromatic heterocycles. The van der Waals surface area contributed by atoms with Gasteiger partial charge in [0.15, 0.2) is 0 Å². The Morgan fingerprint density at radius 1 is 1.20 bits per heavy atom. The van der Waals surface area contributed by atoms with Crippen molar-refractivity contribution in [1.82, 2.24) is 9.97 Å². The van der Waals surface area contributed by atoms with Crippen molar-refractivity contribution in [2.75, 3.05) is 5.48 Å². The Bertz CT molecular complexity index is 593. The van der Waals surface area contributed by atoms with Gasteiger partial charge in [-0.25, -0.2) is 15.4 Å². The molecule has 0 atom stereocenters. The molecule has 0 radical (unpaired) electrons. The Morgan fingerprint density at radius 3 is 2.35 bits per heavy atom. The summed E-state index contributed by atoms with van der Waals surface area (Å²) in [5.41, 5.74) is 5.22. The Kier molecular flexibility index (Phi) is 4.21. The van der Waals surface area contributed by atoms with Crippen LogP contribution in [0, 0.1) is 24.0 Å². The van der Waals surface area contributed by atoms with Gasteiger partial charge in [0.05, 0.1) is 11.5 Å². The van der Waals surface area contributed by atoms with Crippen LogP contribution in [-0.4, -0.2) is 14.9 Å². The van der Waals surface area contributed by atoms with Crippen molar-refractivity contribution in [1.29, 1.82) is 0 Å². The van der Waals surface area contributed by atoms with E-state index in [2.05, 4.69) is 15.4 Å². The van der Waals surface area contributed by atoms with Crippen LogP contribution in [0.15, 0.2) is 30.3 Å². The lowest BCUT2D eigenvalue weighted by Gasteiger charge is -2.07. The zero-order valence-corrected chi connectivity index (χ0v) is 11.2. The van der Waals surface area contributed by atoms with Gasteiger partial charge in [0, 0.05) is 23.5 Å². The first kappa shape index (κ1) is 13.9. The van der Waals surface area contributed by atoms with Crippen LogP contribution >= 0.6 is 0 Å². The fourth-order valence-corrected chi connectivity index (χ4v) is 1.67. The summed E-state index contributed by atoms with van der Waals surface area (Å²) in [6.07, 6.45) is 0. The van der Waals surface area contributed by atoms with Gasteiger partial charge in [-0.15, -0.1) is 0 Å². The molecule has 0 aliphatic heterocycles. The van der Waals surface area contributed by atoms with Gasteiger partial charge >= 0.3 is 0 Å². The van der Waals surface area contributed by atoms with Gasteiger partial charge in [-0.2, -0.15) is 0 Å². The molecule has 0 spiro atoms. The summed E-state index contributed by atoms with van der Waals surface area (Å²) >= 11 is 0. The number of aromatic nitrogens is 2. The van der Waals surface area contributed by atoms with Gasteiger partial charge in [-0.3, -0.25) is 15.0 Å². The van der Waals surface area contributed by atoms with Gasteiger partial charge in [0.25, 0.3) is 5.69 Å². The lowest BCUT2D eigenvalue weighted by Crippen LogP contribution is -2.06. The van der Waals surface area contributed by atoms with Crippen LogP contribution in [0.2, 0.25) is 0 Å². The Labute approximate surface area is 115 Å².